The normalized spacial score (nSPS) is 11.5. The molecule has 0 aromatic heterocycles. The largest absolute Gasteiger partial charge is 0.380 e. The predicted molar refractivity (Wildman–Crippen MR) is 95.6 cm³/mol. The zero-order chi connectivity index (χ0) is 18.4. The molecule has 0 heterocycles. The lowest BCUT2D eigenvalue weighted by atomic mass is 10.1. The summed E-state index contributed by atoms with van der Waals surface area (Å²) in [5.74, 6) is -0.269. The standard InChI is InChI=1S/C18H22N2O4S/c1-20(2)25(22,23)17-10-5-4-8-16(17)12-19-18(21)15-9-6-7-14(11-15)13-24-3/h4-11H,12-13H2,1-3H3,(H,19,21). The van der Waals surface area contributed by atoms with Gasteiger partial charge in [-0.05, 0) is 29.3 Å². The van der Waals surface area contributed by atoms with Gasteiger partial charge in [0, 0.05) is 33.3 Å². The number of methoxy groups -OCH3 is 1. The van der Waals surface area contributed by atoms with Crippen molar-refractivity contribution in [3.05, 3.63) is 65.2 Å². The van der Waals surface area contributed by atoms with Crippen LogP contribution in [0.3, 0.4) is 0 Å². The average molecular weight is 362 g/mol. The Kier molecular flexibility index (Phi) is 6.30. The molecular weight excluding hydrogens is 340 g/mol. The summed E-state index contributed by atoms with van der Waals surface area (Å²) in [4.78, 5) is 12.5. The van der Waals surface area contributed by atoms with Crippen LogP contribution >= 0.6 is 0 Å². The number of nitrogens with one attached hydrogen (secondary N) is 1. The number of sulfonamides is 1. The zero-order valence-electron chi connectivity index (χ0n) is 14.5. The van der Waals surface area contributed by atoms with Gasteiger partial charge in [0.1, 0.15) is 0 Å². The van der Waals surface area contributed by atoms with Crippen molar-refractivity contribution in [2.75, 3.05) is 21.2 Å². The summed E-state index contributed by atoms with van der Waals surface area (Å²) in [6, 6.07) is 13.8. The molecule has 1 N–H and O–H groups in total. The van der Waals surface area contributed by atoms with E-state index < -0.39 is 10.0 Å². The Bertz CT molecular complexity index is 848. The first kappa shape index (κ1) is 19.1. The molecule has 0 bridgehead atoms. The first-order valence-electron chi connectivity index (χ1n) is 7.72. The highest BCUT2D eigenvalue weighted by Gasteiger charge is 2.20. The van der Waals surface area contributed by atoms with Gasteiger partial charge in [-0.15, -0.1) is 0 Å². The van der Waals surface area contributed by atoms with Gasteiger partial charge in [0.25, 0.3) is 5.91 Å². The third-order valence-electron chi connectivity index (χ3n) is 3.67. The van der Waals surface area contributed by atoms with Crippen molar-refractivity contribution in [2.45, 2.75) is 18.0 Å². The predicted octanol–water partition coefficient (Wildman–Crippen LogP) is 2.01. The maximum absolute atomic E-state index is 12.4. The van der Waals surface area contributed by atoms with Crippen LogP contribution in [0, 0.1) is 0 Å². The molecule has 2 rings (SSSR count). The number of nitrogens with zero attached hydrogens (tertiary/aromatic N) is 1. The van der Waals surface area contributed by atoms with Crippen LogP contribution < -0.4 is 5.32 Å². The second-order valence-corrected chi connectivity index (χ2v) is 7.83. The number of benzene rings is 2. The molecule has 2 aromatic carbocycles. The van der Waals surface area contributed by atoms with Crippen molar-refractivity contribution >= 4 is 15.9 Å². The Morgan fingerprint density at radius 2 is 1.84 bits per heavy atom. The Labute approximate surface area is 148 Å². The molecule has 25 heavy (non-hydrogen) atoms. The first-order chi connectivity index (χ1) is 11.9. The SMILES string of the molecule is COCc1cccc(C(=O)NCc2ccccc2S(=O)(=O)N(C)C)c1. The average Bonchev–Trinajstić information content (AvgIpc) is 2.60. The van der Waals surface area contributed by atoms with Gasteiger partial charge in [-0.3, -0.25) is 4.79 Å². The summed E-state index contributed by atoms with van der Waals surface area (Å²) >= 11 is 0. The third-order valence-corrected chi connectivity index (χ3v) is 5.59. The highest BCUT2D eigenvalue weighted by atomic mass is 32.2. The van der Waals surface area contributed by atoms with E-state index >= 15 is 0 Å². The van der Waals surface area contributed by atoms with Crippen LogP contribution in [0.5, 0.6) is 0 Å². The van der Waals surface area contributed by atoms with E-state index in [0.717, 1.165) is 9.87 Å². The van der Waals surface area contributed by atoms with Crippen LogP contribution in [0.2, 0.25) is 0 Å². The fourth-order valence-corrected chi connectivity index (χ4v) is 3.46. The van der Waals surface area contributed by atoms with Crippen LogP contribution in [0.25, 0.3) is 0 Å². The van der Waals surface area contributed by atoms with Crippen LogP contribution in [-0.4, -0.2) is 39.8 Å². The Morgan fingerprint density at radius 3 is 2.52 bits per heavy atom. The molecule has 0 saturated carbocycles. The minimum atomic E-state index is -3.57. The molecule has 0 aliphatic heterocycles. The van der Waals surface area contributed by atoms with Crippen LogP contribution in [0.4, 0.5) is 0 Å². The van der Waals surface area contributed by atoms with Crippen molar-refractivity contribution in [3.8, 4) is 0 Å². The second kappa shape index (κ2) is 8.24. The van der Waals surface area contributed by atoms with Gasteiger partial charge in [-0.1, -0.05) is 30.3 Å². The molecule has 0 atom stereocenters. The molecule has 0 saturated heterocycles. The summed E-state index contributed by atoms with van der Waals surface area (Å²) in [7, 11) is 0.980. The van der Waals surface area contributed by atoms with Gasteiger partial charge in [0.2, 0.25) is 10.0 Å². The summed E-state index contributed by atoms with van der Waals surface area (Å²) in [6.07, 6.45) is 0. The molecule has 1 amide bonds. The molecule has 0 radical (unpaired) electrons. The van der Waals surface area contributed by atoms with Crippen molar-refractivity contribution in [2.24, 2.45) is 0 Å². The number of carbonyl (C=O) groups is 1. The topological polar surface area (TPSA) is 75.7 Å². The first-order valence-corrected chi connectivity index (χ1v) is 9.16. The smallest absolute Gasteiger partial charge is 0.251 e. The minimum Gasteiger partial charge on any atom is -0.380 e. The lowest BCUT2D eigenvalue weighted by Crippen LogP contribution is -2.27. The lowest BCUT2D eigenvalue weighted by molar-refractivity contribution is 0.0950. The third kappa shape index (κ3) is 4.66. The van der Waals surface area contributed by atoms with E-state index in [0.29, 0.717) is 17.7 Å². The number of carbonyl (C=O) groups excluding carboxylic acids is 1. The number of hydrogen-bond donors (Lipinski definition) is 1. The molecule has 0 unspecified atom stereocenters. The molecule has 6 nitrogen and oxygen atoms in total. The summed E-state index contributed by atoms with van der Waals surface area (Å²) < 4.78 is 31.0. The fourth-order valence-electron chi connectivity index (χ4n) is 2.34. The molecule has 0 aliphatic carbocycles. The van der Waals surface area contributed by atoms with E-state index in [4.69, 9.17) is 4.74 Å². The molecular formula is C18H22N2O4S. The van der Waals surface area contributed by atoms with E-state index in [1.807, 2.05) is 6.07 Å². The van der Waals surface area contributed by atoms with Gasteiger partial charge >= 0.3 is 0 Å². The molecule has 0 fully saturated rings. The molecule has 7 heteroatoms. The zero-order valence-corrected chi connectivity index (χ0v) is 15.3. The summed E-state index contributed by atoms with van der Waals surface area (Å²) in [6.45, 7) is 0.543. The Balaban J connectivity index is 2.17. The van der Waals surface area contributed by atoms with E-state index in [2.05, 4.69) is 5.32 Å². The van der Waals surface area contributed by atoms with Crippen LogP contribution in [0.1, 0.15) is 21.5 Å². The fraction of sp³-hybridized carbons (Fsp3) is 0.278. The highest BCUT2D eigenvalue weighted by molar-refractivity contribution is 7.89. The van der Waals surface area contributed by atoms with Crippen LogP contribution in [-0.2, 0) is 27.9 Å². The maximum atomic E-state index is 12.4. The number of amides is 1. The lowest BCUT2D eigenvalue weighted by Gasteiger charge is -2.15. The van der Waals surface area contributed by atoms with E-state index in [-0.39, 0.29) is 17.3 Å². The molecule has 0 spiro atoms. The molecule has 134 valence electrons. The van der Waals surface area contributed by atoms with Gasteiger partial charge < -0.3 is 10.1 Å². The number of hydrogen-bond acceptors (Lipinski definition) is 4. The Morgan fingerprint density at radius 1 is 1.12 bits per heavy atom. The summed E-state index contributed by atoms with van der Waals surface area (Å²) in [5, 5.41) is 2.77. The van der Waals surface area contributed by atoms with E-state index in [1.165, 1.54) is 20.2 Å². The minimum absolute atomic E-state index is 0.122. The van der Waals surface area contributed by atoms with Crippen molar-refractivity contribution in [3.63, 3.8) is 0 Å². The van der Waals surface area contributed by atoms with Gasteiger partial charge in [0.15, 0.2) is 0 Å². The second-order valence-electron chi connectivity index (χ2n) is 5.71. The van der Waals surface area contributed by atoms with E-state index in [1.54, 1.807) is 43.5 Å². The van der Waals surface area contributed by atoms with Gasteiger partial charge in [0.05, 0.1) is 11.5 Å². The maximum Gasteiger partial charge on any atom is 0.251 e. The van der Waals surface area contributed by atoms with Crippen LogP contribution in [0.15, 0.2) is 53.4 Å². The van der Waals surface area contributed by atoms with Gasteiger partial charge in [-0.25, -0.2) is 12.7 Å². The summed E-state index contributed by atoms with van der Waals surface area (Å²) in [5.41, 5.74) is 1.94. The van der Waals surface area contributed by atoms with Gasteiger partial charge in [-0.2, -0.15) is 0 Å². The molecule has 0 aliphatic rings. The molecule has 2 aromatic rings. The van der Waals surface area contributed by atoms with Crippen molar-refractivity contribution in [1.29, 1.82) is 0 Å². The number of ether oxygens (including phenoxy) is 1. The monoisotopic (exact) mass is 362 g/mol. The highest BCUT2D eigenvalue weighted by Crippen LogP contribution is 2.18. The van der Waals surface area contributed by atoms with Crippen molar-refractivity contribution < 1.29 is 17.9 Å². The number of rotatable bonds is 7. The quantitative estimate of drug-likeness (QED) is 0.818. The Hall–Kier alpha value is -2.22. The van der Waals surface area contributed by atoms with E-state index in [9.17, 15) is 13.2 Å². The van der Waals surface area contributed by atoms with Crippen molar-refractivity contribution in [1.82, 2.24) is 9.62 Å².